The fraction of sp³-hybridized carbons (Fsp3) is 0.419. The molecule has 5 rings (SSSR count). The Bertz CT molecular complexity index is 1090. The van der Waals surface area contributed by atoms with E-state index in [0.717, 1.165) is 36.1 Å². The Hall–Kier alpha value is -2.94. The smallest absolute Gasteiger partial charge is 0.122 e. The monoisotopic (exact) mass is 453 g/mol. The fourth-order valence-corrected chi connectivity index (χ4v) is 6.31. The molecule has 0 aliphatic heterocycles. The summed E-state index contributed by atoms with van der Waals surface area (Å²) in [6.45, 7) is 2.85. The first kappa shape index (κ1) is 22.8. The van der Waals surface area contributed by atoms with Crippen molar-refractivity contribution in [3.05, 3.63) is 106 Å². The number of ether oxygens (including phenoxy) is 1. The third-order valence-electron chi connectivity index (χ3n) is 8.26. The molecule has 0 radical (unpaired) electrons. The number of aryl methyl sites for hydroxylation is 1. The van der Waals surface area contributed by atoms with Crippen molar-refractivity contribution < 1.29 is 4.74 Å². The topological polar surface area (TPSA) is 38.7 Å². The van der Waals surface area contributed by atoms with Gasteiger partial charge in [0.2, 0.25) is 0 Å². The predicted molar refractivity (Wildman–Crippen MR) is 138 cm³/mol. The summed E-state index contributed by atoms with van der Waals surface area (Å²) >= 11 is 0. The first-order valence-corrected chi connectivity index (χ1v) is 12.8. The number of benzene rings is 3. The summed E-state index contributed by atoms with van der Waals surface area (Å²) in [5, 5.41) is 3.70. The summed E-state index contributed by atoms with van der Waals surface area (Å²) < 4.78 is 6.04. The molecule has 0 bridgehead atoms. The maximum atomic E-state index is 12.1. The highest BCUT2D eigenvalue weighted by Crippen LogP contribution is 2.52. The van der Waals surface area contributed by atoms with Gasteiger partial charge in [0.25, 0.3) is 0 Å². The number of nitroso groups, excluding NO2 is 1. The Kier molecular flexibility index (Phi) is 6.80. The van der Waals surface area contributed by atoms with Gasteiger partial charge in [0, 0.05) is 0 Å². The van der Waals surface area contributed by atoms with Crippen LogP contribution in [0.5, 0.6) is 5.75 Å². The normalized spacial score (nSPS) is 26.4. The molecule has 0 heterocycles. The zero-order valence-electron chi connectivity index (χ0n) is 20.2. The molecule has 2 atom stereocenters. The van der Waals surface area contributed by atoms with Gasteiger partial charge in [-0.25, -0.2) is 0 Å². The molecule has 3 aromatic carbocycles. The van der Waals surface area contributed by atoms with E-state index in [1.165, 1.54) is 36.8 Å². The molecule has 2 aliphatic carbocycles. The number of hydrogen-bond acceptors (Lipinski definition) is 3. The van der Waals surface area contributed by atoms with Gasteiger partial charge in [-0.2, -0.15) is 4.91 Å². The van der Waals surface area contributed by atoms with E-state index in [1.54, 1.807) is 0 Å². The first-order chi connectivity index (χ1) is 16.6. The summed E-state index contributed by atoms with van der Waals surface area (Å²) in [4.78, 5) is 12.1. The minimum absolute atomic E-state index is 0.0641. The molecule has 1 saturated carbocycles. The van der Waals surface area contributed by atoms with Gasteiger partial charge in [-0.3, -0.25) is 0 Å². The molecule has 3 aromatic rings. The highest BCUT2D eigenvalue weighted by molar-refractivity contribution is 5.41. The van der Waals surface area contributed by atoms with Crippen molar-refractivity contribution in [3.63, 3.8) is 0 Å². The van der Waals surface area contributed by atoms with Gasteiger partial charge in [0.05, 0.1) is 0 Å². The van der Waals surface area contributed by atoms with Gasteiger partial charge < -0.3 is 4.74 Å². The summed E-state index contributed by atoms with van der Waals surface area (Å²) in [6.07, 6.45) is 8.10. The van der Waals surface area contributed by atoms with Crippen LogP contribution in [0.2, 0.25) is 0 Å². The lowest BCUT2D eigenvalue weighted by atomic mass is 9.63. The number of nitrogens with zero attached hydrogens (tertiary/aromatic N) is 1. The van der Waals surface area contributed by atoms with Crippen LogP contribution >= 0.6 is 0 Å². The molecule has 3 nitrogen and oxygen atoms in total. The second kappa shape index (κ2) is 10.1. The Labute approximate surface area is 203 Å². The lowest BCUT2D eigenvalue weighted by Gasteiger charge is -2.42. The van der Waals surface area contributed by atoms with Crippen molar-refractivity contribution >= 4 is 0 Å². The third kappa shape index (κ3) is 4.94. The van der Waals surface area contributed by atoms with Crippen molar-refractivity contribution in [2.75, 3.05) is 0 Å². The predicted octanol–water partition coefficient (Wildman–Crippen LogP) is 8.39. The molecule has 3 heteroatoms. The van der Waals surface area contributed by atoms with E-state index in [2.05, 4.69) is 66.7 Å². The highest BCUT2D eigenvalue weighted by Gasteiger charge is 2.42. The van der Waals surface area contributed by atoms with Crippen LogP contribution < -0.4 is 4.74 Å². The zero-order valence-corrected chi connectivity index (χ0v) is 20.2. The van der Waals surface area contributed by atoms with E-state index in [4.69, 9.17) is 4.74 Å². The summed E-state index contributed by atoms with van der Waals surface area (Å²) in [6, 6.07) is 27.1. The summed E-state index contributed by atoms with van der Waals surface area (Å²) in [7, 11) is 0. The SMILES string of the molecule is CC1(CC2CCC(c3ccccc3)CC2)CCc2cc(OCc3ccccc3)ccc2C1N=O. The van der Waals surface area contributed by atoms with Crippen LogP contribution in [0.15, 0.2) is 84.0 Å². The quantitative estimate of drug-likeness (QED) is 0.337. The van der Waals surface area contributed by atoms with Crippen LogP contribution in [0.4, 0.5) is 0 Å². The van der Waals surface area contributed by atoms with E-state index < -0.39 is 0 Å². The summed E-state index contributed by atoms with van der Waals surface area (Å²) in [5.41, 5.74) is 4.90. The summed E-state index contributed by atoms with van der Waals surface area (Å²) in [5.74, 6) is 2.24. The van der Waals surface area contributed by atoms with Gasteiger partial charge in [0.1, 0.15) is 18.4 Å². The number of rotatable bonds is 7. The molecule has 1 fully saturated rings. The Balaban J connectivity index is 1.23. The standard InChI is InChI=1S/C31H35NO2/c1-31(21-23-12-14-26(15-13-23)25-10-6-3-7-11-25)19-18-27-20-28(16-17-29(27)30(31)32-33)34-22-24-8-4-2-5-9-24/h2-11,16-17,20,23,26,30H,12-15,18-19,21-22H2,1H3. The van der Waals surface area contributed by atoms with Crippen molar-refractivity contribution in [1.82, 2.24) is 0 Å². The Morgan fingerprint density at radius 1 is 0.912 bits per heavy atom. The second-order valence-corrected chi connectivity index (χ2v) is 10.6. The van der Waals surface area contributed by atoms with Gasteiger partial charge in [-0.1, -0.05) is 78.8 Å². The van der Waals surface area contributed by atoms with E-state index in [-0.39, 0.29) is 11.5 Å². The number of fused-ring (bicyclic) bond motifs is 1. The second-order valence-electron chi connectivity index (χ2n) is 10.6. The van der Waals surface area contributed by atoms with E-state index in [1.807, 2.05) is 24.3 Å². The first-order valence-electron chi connectivity index (χ1n) is 12.8. The van der Waals surface area contributed by atoms with Gasteiger partial charge >= 0.3 is 0 Å². The van der Waals surface area contributed by atoms with Crippen molar-refractivity contribution in [3.8, 4) is 5.75 Å². The van der Waals surface area contributed by atoms with E-state index >= 15 is 0 Å². The molecule has 0 saturated heterocycles. The average molecular weight is 454 g/mol. The minimum Gasteiger partial charge on any atom is -0.489 e. The third-order valence-corrected chi connectivity index (χ3v) is 8.26. The molecule has 0 aromatic heterocycles. The van der Waals surface area contributed by atoms with Crippen LogP contribution in [0.3, 0.4) is 0 Å². The van der Waals surface area contributed by atoms with Gasteiger partial charge in [0.15, 0.2) is 0 Å². The van der Waals surface area contributed by atoms with E-state index in [0.29, 0.717) is 18.4 Å². The van der Waals surface area contributed by atoms with Crippen molar-refractivity contribution in [1.29, 1.82) is 0 Å². The van der Waals surface area contributed by atoms with Gasteiger partial charge in [-0.15, -0.1) is 0 Å². The lowest BCUT2D eigenvalue weighted by molar-refractivity contribution is 0.140. The molecule has 176 valence electrons. The fourth-order valence-electron chi connectivity index (χ4n) is 6.31. The molecule has 0 spiro atoms. The van der Waals surface area contributed by atoms with Gasteiger partial charge in [-0.05, 0) is 96.6 Å². The van der Waals surface area contributed by atoms with Crippen LogP contribution in [0.1, 0.15) is 79.7 Å². The van der Waals surface area contributed by atoms with Crippen LogP contribution in [0, 0.1) is 16.2 Å². The van der Waals surface area contributed by atoms with E-state index in [9.17, 15) is 4.91 Å². The molecule has 0 amide bonds. The van der Waals surface area contributed by atoms with Crippen molar-refractivity contribution in [2.24, 2.45) is 16.5 Å². The molecule has 2 aliphatic rings. The molecule has 34 heavy (non-hydrogen) atoms. The number of hydrogen-bond donors (Lipinski definition) is 0. The Morgan fingerprint density at radius 3 is 2.32 bits per heavy atom. The Morgan fingerprint density at radius 2 is 1.62 bits per heavy atom. The molecule has 0 N–H and O–H groups in total. The average Bonchev–Trinajstić information content (AvgIpc) is 2.89. The lowest BCUT2D eigenvalue weighted by Crippen LogP contribution is -2.33. The van der Waals surface area contributed by atoms with Crippen LogP contribution in [-0.4, -0.2) is 0 Å². The highest BCUT2D eigenvalue weighted by atomic mass is 16.5. The molecule has 2 unspecified atom stereocenters. The molecular weight excluding hydrogens is 418 g/mol. The van der Waals surface area contributed by atoms with Crippen molar-refractivity contribution in [2.45, 2.75) is 70.4 Å². The molecular formula is C31H35NO2. The zero-order chi connectivity index (χ0) is 23.4. The van der Waals surface area contributed by atoms with Crippen LogP contribution in [0.25, 0.3) is 0 Å². The maximum Gasteiger partial charge on any atom is 0.122 e. The largest absolute Gasteiger partial charge is 0.489 e. The van der Waals surface area contributed by atoms with Crippen LogP contribution in [-0.2, 0) is 13.0 Å². The minimum atomic E-state index is -0.272. The maximum absolute atomic E-state index is 12.1.